The van der Waals surface area contributed by atoms with Gasteiger partial charge in [0.15, 0.2) is 15.8 Å². The maximum absolute atomic E-state index is 12.4. The molecule has 0 aliphatic carbocycles. The lowest BCUT2D eigenvalue weighted by molar-refractivity contribution is 0.370. The average Bonchev–Trinajstić information content (AvgIpc) is 2.74. The molecule has 0 radical (unpaired) electrons. The summed E-state index contributed by atoms with van der Waals surface area (Å²) in [5.41, 5.74) is 0. The van der Waals surface area contributed by atoms with E-state index in [1.165, 1.54) is 0 Å². The summed E-state index contributed by atoms with van der Waals surface area (Å²) in [7, 11) is -3.32. The number of rotatable bonds is 6. The highest BCUT2D eigenvalue weighted by molar-refractivity contribution is 14.0. The van der Waals surface area contributed by atoms with Crippen LogP contribution < -0.4 is 10.2 Å². The van der Waals surface area contributed by atoms with Gasteiger partial charge in [0.1, 0.15) is 0 Å². The molecule has 0 amide bonds. The fourth-order valence-electron chi connectivity index (χ4n) is 3.02. The van der Waals surface area contributed by atoms with Gasteiger partial charge in [-0.15, -0.1) is 24.0 Å². The van der Waals surface area contributed by atoms with Crippen LogP contribution in [0.2, 0.25) is 0 Å². The predicted molar refractivity (Wildman–Crippen MR) is 126 cm³/mol. The van der Waals surface area contributed by atoms with Gasteiger partial charge >= 0.3 is 0 Å². The maximum atomic E-state index is 12.4. The van der Waals surface area contributed by atoms with Crippen LogP contribution in [0.1, 0.15) is 6.92 Å². The Kier molecular flexibility index (Phi) is 9.08. The van der Waals surface area contributed by atoms with Crippen molar-refractivity contribution in [3.05, 3.63) is 48.8 Å². The highest BCUT2D eigenvalue weighted by Crippen LogP contribution is 2.11. The van der Waals surface area contributed by atoms with Crippen molar-refractivity contribution in [2.24, 2.45) is 4.99 Å². The van der Waals surface area contributed by atoms with Crippen molar-refractivity contribution in [2.45, 2.75) is 11.8 Å². The second-order valence-corrected chi connectivity index (χ2v) is 8.50. The highest BCUT2D eigenvalue weighted by Gasteiger charge is 2.21. The molecule has 0 saturated carbocycles. The van der Waals surface area contributed by atoms with E-state index >= 15 is 0 Å². The second kappa shape index (κ2) is 11.3. The molecule has 1 saturated heterocycles. The van der Waals surface area contributed by atoms with E-state index < -0.39 is 9.84 Å². The van der Waals surface area contributed by atoms with Crippen molar-refractivity contribution in [1.82, 2.24) is 20.2 Å². The highest BCUT2D eigenvalue weighted by atomic mass is 127. The Balaban J connectivity index is 0.00000300. The Morgan fingerprint density at radius 1 is 1.07 bits per heavy atom. The molecule has 8 nitrogen and oxygen atoms in total. The van der Waals surface area contributed by atoms with E-state index in [1.54, 1.807) is 48.8 Å². The quantitative estimate of drug-likeness (QED) is 0.345. The third-order valence-electron chi connectivity index (χ3n) is 4.47. The number of hydrogen-bond acceptors (Lipinski definition) is 6. The minimum Gasteiger partial charge on any atom is -0.357 e. The van der Waals surface area contributed by atoms with Gasteiger partial charge in [-0.2, -0.15) is 0 Å². The molecule has 1 aromatic heterocycles. The first-order valence-electron chi connectivity index (χ1n) is 9.43. The largest absolute Gasteiger partial charge is 0.357 e. The number of anilines is 1. The molecule has 3 rings (SSSR count). The Bertz CT molecular complexity index is 872. The molecule has 10 heteroatoms. The van der Waals surface area contributed by atoms with E-state index in [1.807, 2.05) is 6.92 Å². The Hall–Kier alpha value is -1.95. The standard InChI is InChI=1S/C19H26N6O2S.HI/c1-2-20-18(23-11-16-28(26,27)17-7-4-3-5-8-17)24-12-14-25(15-13-24)19-21-9-6-10-22-19;/h3-10H,2,11-16H2,1H3,(H,20,23);1H. The molecule has 29 heavy (non-hydrogen) atoms. The van der Waals surface area contributed by atoms with Gasteiger partial charge in [-0.05, 0) is 25.1 Å². The van der Waals surface area contributed by atoms with E-state index in [0.29, 0.717) is 4.90 Å². The number of halogens is 1. The summed E-state index contributed by atoms with van der Waals surface area (Å²) in [5.74, 6) is 1.47. The smallest absolute Gasteiger partial charge is 0.225 e. The van der Waals surface area contributed by atoms with Gasteiger partial charge in [-0.25, -0.2) is 18.4 Å². The summed E-state index contributed by atoms with van der Waals surface area (Å²) >= 11 is 0. The molecule has 0 spiro atoms. The van der Waals surface area contributed by atoms with Gasteiger partial charge in [-0.3, -0.25) is 4.99 Å². The molecule has 1 fully saturated rings. The zero-order valence-corrected chi connectivity index (χ0v) is 19.6. The van der Waals surface area contributed by atoms with Crippen LogP contribution in [0.4, 0.5) is 5.95 Å². The van der Waals surface area contributed by atoms with Crippen molar-refractivity contribution in [3.63, 3.8) is 0 Å². The Labute approximate surface area is 189 Å². The van der Waals surface area contributed by atoms with E-state index in [-0.39, 0.29) is 36.3 Å². The Morgan fingerprint density at radius 3 is 2.34 bits per heavy atom. The first-order valence-corrected chi connectivity index (χ1v) is 11.1. The van der Waals surface area contributed by atoms with Crippen LogP contribution in [0.25, 0.3) is 0 Å². The first-order chi connectivity index (χ1) is 13.6. The third kappa shape index (κ3) is 6.53. The number of aliphatic imine (C=N–C) groups is 1. The summed E-state index contributed by atoms with van der Waals surface area (Å²) < 4.78 is 24.8. The molecular weight excluding hydrogens is 503 g/mol. The predicted octanol–water partition coefficient (Wildman–Crippen LogP) is 1.66. The maximum Gasteiger partial charge on any atom is 0.225 e. The van der Waals surface area contributed by atoms with Crippen LogP contribution in [0.15, 0.2) is 58.7 Å². The molecule has 0 bridgehead atoms. The van der Waals surface area contributed by atoms with Crippen LogP contribution in [0, 0.1) is 0 Å². The van der Waals surface area contributed by atoms with Gasteiger partial charge in [0.25, 0.3) is 0 Å². The molecule has 1 aromatic carbocycles. The van der Waals surface area contributed by atoms with Crippen LogP contribution in [0.3, 0.4) is 0 Å². The van der Waals surface area contributed by atoms with Gasteiger partial charge in [0, 0.05) is 45.1 Å². The van der Waals surface area contributed by atoms with E-state index in [2.05, 4.69) is 30.1 Å². The van der Waals surface area contributed by atoms with Crippen molar-refractivity contribution in [3.8, 4) is 0 Å². The molecule has 0 atom stereocenters. The van der Waals surface area contributed by atoms with Crippen LogP contribution in [-0.4, -0.2) is 74.3 Å². The summed E-state index contributed by atoms with van der Waals surface area (Å²) in [4.78, 5) is 17.8. The lowest BCUT2D eigenvalue weighted by Gasteiger charge is -2.36. The fraction of sp³-hybridized carbons (Fsp3) is 0.421. The summed E-state index contributed by atoms with van der Waals surface area (Å²) in [6.45, 7) is 6.08. The molecular formula is C19H27IN6O2S. The fourth-order valence-corrected chi connectivity index (χ4v) is 4.16. The molecule has 158 valence electrons. The van der Waals surface area contributed by atoms with Crippen LogP contribution in [-0.2, 0) is 9.84 Å². The number of benzene rings is 1. The summed E-state index contributed by atoms with van der Waals surface area (Å²) in [6.07, 6.45) is 3.49. The molecule has 2 heterocycles. The average molecular weight is 530 g/mol. The van der Waals surface area contributed by atoms with Crippen molar-refractivity contribution in [2.75, 3.05) is 49.9 Å². The number of nitrogens with one attached hydrogen (secondary N) is 1. The monoisotopic (exact) mass is 530 g/mol. The Morgan fingerprint density at radius 2 is 1.72 bits per heavy atom. The van der Waals surface area contributed by atoms with E-state index in [0.717, 1.165) is 44.6 Å². The normalized spacial score (nSPS) is 15.0. The number of aromatic nitrogens is 2. The number of nitrogens with zero attached hydrogens (tertiary/aromatic N) is 5. The lowest BCUT2D eigenvalue weighted by atomic mass is 10.3. The summed E-state index contributed by atoms with van der Waals surface area (Å²) in [6, 6.07) is 10.3. The minimum atomic E-state index is -3.32. The molecule has 2 aromatic rings. The van der Waals surface area contributed by atoms with Gasteiger partial charge < -0.3 is 15.1 Å². The van der Waals surface area contributed by atoms with Crippen molar-refractivity contribution < 1.29 is 8.42 Å². The van der Waals surface area contributed by atoms with Crippen molar-refractivity contribution >= 4 is 45.7 Å². The molecule has 1 N–H and O–H groups in total. The van der Waals surface area contributed by atoms with Crippen LogP contribution >= 0.6 is 24.0 Å². The zero-order valence-electron chi connectivity index (χ0n) is 16.4. The zero-order chi connectivity index (χ0) is 19.8. The first kappa shape index (κ1) is 23.3. The number of hydrogen-bond donors (Lipinski definition) is 1. The minimum absolute atomic E-state index is 0. The lowest BCUT2D eigenvalue weighted by Crippen LogP contribution is -2.53. The summed E-state index contributed by atoms with van der Waals surface area (Å²) in [5, 5.41) is 3.26. The SMILES string of the molecule is CCNC(=NCCS(=O)(=O)c1ccccc1)N1CCN(c2ncccn2)CC1.I. The van der Waals surface area contributed by atoms with Gasteiger partial charge in [0.05, 0.1) is 17.2 Å². The topological polar surface area (TPSA) is 90.8 Å². The van der Waals surface area contributed by atoms with Gasteiger partial charge in [0.2, 0.25) is 5.95 Å². The number of guanidine groups is 1. The third-order valence-corrected chi connectivity index (χ3v) is 6.18. The second-order valence-electron chi connectivity index (χ2n) is 6.39. The van der Waals surface area contributed by atoms with E-state index in [9.17, 15) is 8.42 Å². The number of piperazine rings is 1. The van der Waals surface area contributed by atoms with E-state index in [4.69, 9.17) is 0 Å². The molecule has 0 unspecified atom stereocenters. The van der Waals surface area contributed by atoms with Crippen molar-refractivity contribution in [1.29, 1.82) is 0 Å². The molecule has 1 aliphatic rings. The molecule has 1 aliphatic heterocycles. The number of sulfone groups is 1. The van der Waals surface area contributed by atoms with Crippen LogP contribution in [0.5, 0.6) is 0 Å². The van der Waals surface area contributed by atoms with Gasteiger partial charge in [-0.1, -0.05) is 18.2 Å².